The Morgan fingerprint density at radius 3 is 2.25 bits per heavy atom. The third-order valence-electron chi connectivity index (χ3n) is 3.39. The second-order valence-electron chi connectivity index (χ2n) is 5.16. The quantitative estimate of drug-likeness (QED) is 0.556. The maximum absolute atomic E-state index is 8.30. The van der Waals surface area contributed by atoms with Crippen LogP contribution in [0.4, 0.5) is 0 Å². The Morgan fingerprint density at radius 1 is 1.12 bits per heavy atom. The largest absolute Gasteiger partial charge is 0.359 e. The standard InChI is InChI=1S/C13H27N3/c1-4-9-16(11-10-15(2)3)13(14)12-7-5-6-8-12/h12,14H,4-11H2,1-3H3. The van der Waals surface area contributed by atoms with E-state index >= 15 is 0 Å². The van der Waals surface area contributed by atoms with Crippen LogP contribution in [0.1, 0.15) is 39.0 Å². The van der Waals surface area contributed by atoms with Gasteiger partial charge in [-0.25, -0.2) is 0 Å². The molecule has 0 amide bonds. The molecule has 0 radical (unpaired) electrons. The van der Waals surface area contributed by atoms with E-state index in [1.165, 1.54) is 25.7 Å². The fraction of sp³-hybridized carbons (Fsp3) is 0.923. The maximum Gasteiger partial charge on any atom is 0.0989 e. The van der Waals surface area contributed by atoms with Crippen molar-refractivity contribution in [3.8, 4) is 0 Å². The Labute approximate surface area is 100 Å². The smallest absolute Gasteiger partial charge is 0.0989 e. The zero-order valence-electron chi connectivity index (χ0n) is 11.1. The molecule has 3 heteroatoms. The number of amidine groups is 1. The molecule has 1 N–H and O–H groups in total. The lowest BCUT2D eigenvalue weighted by atomic mass is 10.1. The van der Waals surface area contributed by atoms with Crippen molar-refractivity contribution in [2.75, 3.05) is 33.7 Å². The van der Waals surface area contributed by atoms with E-state index in [1.807, 2.05) is 0 Å². The van der Waals surface area contributed by atoms with Gasteiger partial charge in [0.25, 0.3) is 0 Å². The van der Waals surface area contributed by atoms with E-state index in [0.717, 1.165) is 31.9 Å². The third kappa shape index (κ3) is 4.12. The Morgan fingerprint density at radius 2 is 1.75 bits per heavy atom. The molecular weight excluding hydrogens is 198 g/mol. The molecule has 1 aliphatic rings. The van der Waals surface area contributed by atoms with Gasteiger partial charge in [0.15, 0.2) is 0 Å². The second kappa shape index (κ2) is 6.89. The van der Waals surface area contributed by atoms with Crippen LogP contribution < -0.4 is 0 Å². The molecule has 0 aromatic rings. The highest BCUT2D eigenvalue weighted by Gasteiger charge is 2.23. The zero-order chi connectivity index (χ0) is 12.0. The summed E-state index contributed by atoms with van der Waals surface area (Å²) in [5.41, 5.74) is 0. The fourth-order valence-electron chi connectivity index (χ4n) is 2.40. The van der Waals surface area contributed by atoms with Crippen LogP contribution in [0.5, 0.6) is 0 Å². The normalized spacial score (nSPS) is 17.0. The van der Waals surface area contributed by atoms with Gasteiger partial charge in [-0.05, 0) is 33.4 Å². The average molecular weight is 225 g/mol. The van der Waals surface area contributed by atoms with Crippen molar-refractivity contribution < 1.29 is 0 Å². The highest BCUT2D eigenvalue weighted by Crippen LogP contribution is 2.26. The molecule has 1 saturated carbocycles. The SMILES string of the molecule is CCCN(CCN(C)C)C(=N)C1CCCC1. The van der Waals surface area contributed by atoms with E-state index in [1.54, 1.807) is 0 Å². The highest BCUT2D eigenvalue weighted by molar-refractivity contribution is 5.81. The molecule has 1 rings (SSSR count). The molecule has 94 valence electrons. The minimum Gasteiger partial charge on any atom is -0.359 e. The van der Waals surface area contributed by atoms with Crippen LogP contribution in [0.3, 0.4) is 0 Å². The number of hydrogen-bond acceptors (Lipinski definition) is 2. The molecule has 0 unspecified atom stereocenters. The predicted molar refractivity (Wildman–Crippen MR) is 70.1 cm³/mol. The number of hydrogen-bond donors (Lipinski definition) is 1. The third-order valence-corrected chi connectivity index (χ3v) is 3.39. The van der Waals surface area contributed by atoms with Gasteiger partial charge in [0.2, 0.25) is 0 Å². The summed E-state index contributed by atoms with van der Waals surface area (Å²) >= 11 is 0. The second-order valence-corrected chi connectivity index (χ2v) is 5.16. The molecule has 0 spiro atoms. The van der Waals surface area contributed by atoms with Gasteiger partial charge in [-0.15, -0.1) is 0 Å². The summed E-state index contributed by atoms with van der Waals surface area (Å²) in [5.74, 6) is 1.45. The van der Waals surface area contributed by atoms with Crippen LogP contribution in [0, 0.1) is 11.3 Å². The molecule has 0 saturated heterocycles. The number of rotatable bonds is 6. The first-order chi connectivity index (χ1) is 7.65. The van der Waals surface area contributed by atoms with Crippen LogP contribution in [0.25, 0.3) is 0 Å². The molecule has 0 atom stereocenters. The highest BCUT2D eigenvalue weighted by atomic mass is 15.2. The number of likely N-dealkylation sites (N-methyl/N-ethyl adjacent to an activating group) is 1. The minimum absolute atomic E-state index is 0.550. The van der Waals surface area contributed by atoms with Crippen LogP contribution >= 0.6 is 0 Å². The Kier molecular flexibility index (Phi) is 5.81. The van der Waals surface area contributed by atoms with Crippen molar-refractivity contribution in [3.63, 3.8) is 0 Å². The Hall–Kier alpha value is -0.570. The van der Waals surface area contributed by atoms with Crippen LogP contribution in [0.15, 0.2) is 0 Å². The monoisotopic (exact) mass is 225 g/mol. The summed E-state index contributed by atoms with van der Waals surface area (Å²) in [6.07, 6.45) is 6.26. The van der Waals surface area contributed by atoms with Crippen molar-refractivity contribution in [2.24, 2.45) is 5.92 Å². The Balaban J connectivity index is 2.43. The molecule has 0 heterocycles. The minimum atomic E-state index is 0.550. The summed E-state index contributed by atoms with van der Waals surface area (Å²) in [4.78, 5) is 4.49. The summed E-state index contributed by atoms with van der Waals surface area (Å²) in [6, 6.07) is 0. The molecule has 0 aromatic carbocycles. The van der Waals surface area contributed by atoms with E-state index in [4.69, 9.17) is 5.41 Å². The zero-order valence-corrected chi connectivity index (χ0v) is 11.1. The molecular formula is C13H27N3. The number of nitrogens with one attached hydrogen (secondary N) is 1. The molecule has 16 heavy (non-hydrogen) atoms. The summed E-state index contributed by atoms with van der Waals surface area (Å²) in [6.45, 7) is 5.30. The lowest BCUT2D eigenvalue weighted by molar-refractivity contribution is 0.317. The van der Waals surface area contributed by atoms with Gasteiger partial charge in [0.1, 0.15) is 0 Å². The molecule has 3 nitrogen and oxygen atoms in total. The summed E-state index contributed by atoms with van der Waals surface area (Å²) < 4.78 is 0. The van der Waals surface area contributed by atoms with Gasteiger partial charge in [-0.2, -0.15) is 0 Å². The lowest BCUT2D eigenvalue weighted by Crippen LogP contribution is -2.39. The van der Waals surface area contributed by atoms with E-state index in [9.17, 15) is 0 Å². The molecule has 0 aromatic heterocycles. The first-order valence-electron chi connectivity index (χ1n) is 6.63. The molecule has 0 bridgehead atoms. The van der Waals surface area contributed by atoms with Crippen LogP contribution in [0.2, 0.25) is 0 Å². The van der Waals surface area contributed by atoms with Crippen molar-refractivity contribution in [2.45, 2.75) is 39.0 Å². The van der Waals surface area contributed by atoms with Crippen molar-refractivity contribution in [3.05, 3.63) is 0 Å². The molecule has 1 fully saturated rings. The van der Waals surface area contributed by atoms with Gasteiger partial charge in [0, 0.05) is 25.6 Å². The predicted octanol–water partition coefficient (Wildman–Crippen LogP) is 2.43. The van der Waals surface area contributed by atoms with Crippen molar-refractivity contribution in [1.29, 1.82) is 5.41 Å². The number of nitrogens with zero attached hydrogens (tertiary/aromatic N) is 2. The van der Waals surface area contributed by atoms with E-state index in [-0.39, 0.29) is 0 Å². The van der Waals surface area contributed by atoms with Gasteiger partial charge >= 0.3 is 0 Å². The van der Waals surface area contributed by atoms with Gasteiger partial charge in [-0.3, -0.25) is 5.41 Å². The van der Waals surface area contributed by atoms with E-state index in [0.29, 0.717) is 5.92 Å². The maximum atomic E-state index is 8.30. The van der Waals surface area contributed by atoms with Crippen molar-refractivity contribution >= 4 is 5.84 Å². The van der Waals surface area contributed by atoms with Crippen LogP contribution in [-0.2, 0) is 0 Å². The topological polar surface area (TPSA) is 30.3 Å². The van der Waals surface area contributed by atoms with E-state index < -0.39 is 0 Å². The average Bonchev–Trinajstić information content (AvgIpc) is 2.76. The summed E-state index contributed by atoms with van der Waals surface area (Å²) in [5, 5.41) is 8.30. The van der Waals surface area contributed by atoms with Gasteiger partial charge < -0.3 is 9.80 Å². The first-order valence-corrected chi connectivity index (χ1v) is 6.63. The molecule has 1 aliphatic carbocycles. The van der Waals surface area contributed by atoms with Gasteiger partial charge in [-0.1, -0.05) is 19.8 Å². The van der Waals surface area contributed by atoms with Gasteiger partial charge in [0.05, 0.1) is 5.84 Å². The summed E-state index contributed by atoms with van der Waals surface area (Å²) in [7, 11) is 4.20. The first kappa shape index (κ1) is 13.5. The van der Waals surface area contributed by atoms with Crippen LogP contribution in [-0.4, -0.2) is 49.4 Å². The fourth-order valence-corrected chi connectivity index (χ4v) is 2.40. The Bertz CT molecular complexity index is 207. The van der Waals surface area contributed by atoms with E-state index in [2.05, 4.69) is 30.8 Å². The lowest BCUT2D eigenvalue weighted by Gasteiger charge is -2.29. The van der Waals surface area contributed by atoms with Crippen molar-refractivity contribution in [1.82, 2.24) is 9.80 Å². The molecule has 0 aliphatic heterocycles.